The van der Waals surface area contributed by atoms with E-state index in [2.05, 4.69) is 0 Å². The molecule has 1 heterocycles. The van der Waals surface area contributed by atoms with Crippen LogP contribution >= 0.6 is 11.3 Å². The molecule has 0 aromatic carbocycles. The fourth-order valence-corrected chi connectivity index (χ4v) is 1.28. The van der Waals surface area contributed by atoms with Gasteiger partial charge in [-0.2, -0.15) is 5.26 Å². The summed E-state index contributed by atoms with van der Waals surface area (Å²) in [6.45, 7) is 0. The molecule has 4 heteroatoms. The molecule has 1 aromatic heterocycles. The zero-order valence-corrected chi connectivity index (χ0v) is 5.66. The minimum absolute atomic E-state index is 0.106. The Morgan fingerprint density at radius 2 is 2.30 bits per heavy atom. The quantitative estimate of drug-likeness (QED) is 0.617. The van der Waals surface area contributed by atoms with Gasteiger partial charge in [-0.05, 0) is 11.4 Å². The Morgan fingerprint density at radius 3 is 2.70 bits per heavy atom. The first-order chi connectivity index (χ1) is 4.75. The van der Waals surface area contributed by atoms with E-state index in [0.29, 0.717) is 0 Å². The van der Waals surface area contributed by atoms with Gasteiger partial charge in [-0.25, -0.2) is 8.78 Å². The molecule has 52 valence electrons. The van der Waals surface area contributed by atoms with Gasteiger partial charge in [-0.15, -0.1) is 11.3 Å². The number of halogens is 2. The summed E-state index contributed by atoms with van der Waals surface area (Å²) in [4.78, 5) is 0.106. The van der Waals surface area contributed by atoms with Crippen molar-refractivity contribution in [3.63, 3.8) is 0 Å². The Morgan fingerprint density at radius 1 is 1.60 bits per heavy atom. The SMILES string of the molecule is N#Cc1sccc1C(F)F. The van der Waals surface area contributed by atoms with Crippen LogP contribution in [-0.2, 0) is 0 Å². The summed E-state index contributed by atoms with van der Waals surface area (Å²) in [7, 11) is 0. The highest BCUT2D eigenvalue weighted by Crippen LogP contribution is 2.25. The number of alkyl halides is 2. The zero-order valence-electron chi connectivity index (χ0n) is 4.84. The second kappa shape index (κ2) is 2.76. The summed E-state index contributed by atoms with van der Waals surface area (Å²) in [6.07, 6.45) is -2.53. The first-order valence-electron chi connectivity index (χ1n) is 2.51. The number of thiophene rings is 1. The van der Waals surface area contributed by atoms with Crippen LogP contribution in [0.25, 0.3) is 0 Å². The molecule has 0 aliphatic heterocycles. The summed E-state index contributed by atoms with van der Waals surface area (Å²) in [5.74, 6) is 0. The van der Waals surface area contributed by atoms with Gasteiger partial charge in [0.2, 0.25) is 0 Å². The Hall–Kier alpha value is -0.950. The summed E-state index contributed by atoms with van der Waals surface area (Å²) in [5, 5.41) is 9.77. The molecular formula is C6H3F2NS. The van der Waals surface area contributed by atoms with Crippen LogP contribution < -0.4 is 0 Å². The number of nitriles is 1. The van der Waals surface area contributed by atoms with Crippen molar-refractivity contribution in [2.45, 2.75) is 6.43 Å². The normalized spacial score (nSPS) is 9.80. The van der Waals surface area contributed by atoms with Gasteiger partial charge >= 0.3 is 0 Å². The highest BCUT2D eigenvalue weighted by Gasteiger charge is 2.12. The first kappa shape index (κ1) is 7.16. The van der Waals surface area contributed by atoms with Crippen molar-refractivity contribution in [2.24, 2.45) is 0 Å². The molecule has 10 heavy (non-hydrogen) atoms. The zero-order chi connectivity index (χ0) is 7.56. The van der Waals surface area contributed by atoms with Crippen LogP contribution in [0.2, 0.25) is 0 Å². The lowest BCUT2D eigenvalue weighted by atomic mass is 10.3. The van der Waals surface area contributed by atoms with Crippen molar-refractivity contribution < 1.29 is 8.78 Å². The third kappa shape index (κ3) is 1.14. The van der Waals surface area contributed by atoms with Crippen molar-refractivity contribution in [1.29, 1.82) is 5.26 Å². The number of hydrogen-bond donors (Lipinski definition) is 0. The van der Waals surface area contributed by atoms with E-state index in [4.69, 9.17) is 5.26 Å². The van der Waals surface area contributed by atoms with Crippen molar-refractivity contribution in [1.82, 2.24) is 0 Å². The number of hydrogen-bond acceptors (Lipinski definition) is 2. The smallest absolute Gasteiger partial charge is 0.205 e. The molecule has 1 nitrogen and oxygen atoms in total. The molecule has 0 saturated heterocycles. The minimum atomic E-state index is -2.53. The first-order valence-corrected chi connectivity index (χ1v) is 3.39. The van der Waals surface area contributed by atoms with Crippen LogP contribution in [0.3, 0.4) is 0 Å². The largest absolute Gasteiger partial charge is 0.265 e. The predicted molar refractivity (Wildman–Crippen MR) is 34.0 cm³/mol. The maximum absolute atomic E-state index is 11.9. The molecule has 0 fully saturated rings. The van der Waals surface area contributed by atoms with E-state index < -0.39 is 6.43 Å². The van der Waals surface area contributed by atoms with E-state index in [0.717, 1.165) is 11.3 Å². The topological polar surface area (TPSA) is 23.8 Å². The van der Waals surface area contributed by atoms with Crippen molar-refractivity contribution in [2.75, 3.05) is 0 Å². The molecule has 1 rings (SSSR count). The van der Waals surface area contributed by atoms with Crippen molar-refractivity contribution >= 4 is 11.3 Å². The van der Waals surface area contributed by atoms with Crippen LogP contribution in [0.5, 0.6) is 0 Å². The fraction of sp³-hybridized carbons (Fsp3) is 0.167. The maximum Gasteiger partial charge on any atom is 0.265 e. The molecule has 0 radical (unpaired) electrons. The lowest BCUT2D eigenvalue weighted by Crippen LogP contribution is -1.81. The highest BCUT2D eigenvalue weighted by molar-refractivity contribution is 7.10. The monoisotopic (exact) mass is 159 g/mol. The molecule has 0 atom stereocenters. The molecule has 0 spiro atoms. The maximum atomic E-state index is 11.9. The standard InChI is InChI=1S/C6H3F2NS/c7-6(8)4-1-2-10-5(4)3-9/h1-2,6H. The van der Waals surface area contributed by atoms with Gasteiger partial charge in [0.05, 0.1) is 0 Å². The summed E-state index contributed by atoms with van der Waals surface area (Å²) >= 11 is 1.04. The van der Waals surface area contributed by atoms with E-state index in [1.54, 1.807) is 6.07 Å². The van der Waals surface area contributed by atoms with Crippen molar-refractivity contribution in [3.8, 4) is 6.07 Å². The van der Waals surface area contributed by atoms with Gasteiger partial charge in [0.25, 0.3) is 6.43 Å². The van der Waals surface area contributed by atoms with E-state index in [1.165, 1.54) is 11.4 Å². The molecule has 1 aromatic rings. The van der Waals surface area contributed by atoms with Gasteiger partial charge in [0.1, 0.15) is 10.9 Å². The van der Waals surface area contributed by atoms with Gasteiger partial charge < -0.3 is 0 Å². The van der Waals surface area contributed by atoms with Gasteiger partial charge in [-0.3, -0.25) is 0 Å². The molecular weight excluding hydrogens is 156 g/mol. The molecule has 0 bridgehead atoms. The van der Waals surface area contributed by atoms with Gasteiger partial charge in [0.15, 0.2) is 0 Å². The minimum Gasteiger partial charge on any atom is -0.205 e. The molecule has 0 aliphatic carbocycles. The number of rotatable bonds is 1. The van der Waals surface area contributed by atoms with Crippen LogP contribution in [-0.4, -0.2) is 0 Å². The average Bonchev–Trinajstić information content (AvgIpc) is 2.33. The van der Waals surface area contributed by atoms with Crippen LogP contribution in [0.15, 0.2) is 11.4 Å². The van der Waals surface area contributed by atoms with Crippen molar-refractivity contribution in [3.05, 3.63) is 21.9 Å². The Balaban J connectivity index is 3.05. The van der Waals surface area contributed by atoms with E-state index in [9.17, 15) is 8.78 Å². The Kier molecular flexibility index (Phi) is 1.97. The summed E-state index contributed by atoms with van der Waals surface area (Å²) < 4.78 is 23.8. The second-order valence-corrected chi connectivity index (χ2v) is 2.53. The van der Waals surface area contributed by atoms with E-state index >= 15 is 0 Å². The van der Waals surface area contributed by atoms with Gasteiger partial charge in [-0.1, -0.05) is 0 Å². The van der Waals surface area contributed by atoms with Gasteiger partial charge in [0, 0.05) is 5.56 Å². The third-order valence-electron chi connectivity index (χ3n) is 1.03. The highest BCUT2D eigenvalue weighted by atomic mass is 32.1. The molecule has 0 saturated carbocycles. The van der Waals surface area contributed by atoms with E-state index in [1.807, 2.05) is 0 Å². The molecule has 0 aliphatic rings. The summed E-state index contributed by atoms with van der Waals surface area (Å²) in [5.41, 5.74) is -0.160. The summed E-state index contributed by atoms with van der Waals surface area (Å²) in [6, 6.07) is 2.97. The van der Waals surface area contributed by atoms with Crippen LogP contribution in [0.1, 0.15) is 16.9 Å². The molecule has 0 unspecified atom stereocenters. The van der Waals surface area contributed by atoms with Crippen LogP contribution in [0.4, 0.5) is 8.78 Å². The number of nitrogens with zero attached hydrogens (tertiary/aromatic N) is 1. The Labute approximate surface area is 60.5 Å². The van der Waals surface area contributed by atoms with Crippen LogP contribution in [0, 0.1) is 11.3 Å². The predicted octanol–water partition coefficient (Wildman–Crippen LogP) is 2.56. The lowest BCUT2D eigenvalue weighted by molar-refractivity contribution is 0.151. The molecule has 0 N–H and O–H groups in total. The third-order valence-corrected chi connectivity index (χ3v) is 1.87. The average molecular weight is 159 g/mol. The Bertz CT molecular complexity index is 261. The molecule has 0 amide bonds. The lowest BCUT2D eigenvalue weighted by Gasteiger charge is -1.91. The fourth-order valence-electron chi connectivity index (χ4n) is 0.582. The van der Waals surface area contributed by atoms with E-state index in [-0.39, 0.29) is 10.4 Å². The second-order valence-electron chi connectivity index (χ2n) is 1.62.